The van der Waals surface area contributed by atoms with Gasteiger partial charge < -0.3 is 10.6 Å². The Balaban J connectivity index is 2.68. The summed E-state index contributed by atoms with van der Waals surface area (Å²) < 4.78 is 1.45. The molecule has 0 aliphatic heterocycles. The van der Waals surface area contributed by atoms with E-state index in [1.807, 2.05) is 11.9 Å². The first-order chi connectivity index (χ1) is 8.54. The van der Waals surface area contributed by atoms with Crippen LogP contribution in [0.15, 0.2) is 17.1 Å². The number of nitrogens with two attached hydrogens (primary N) is 1. The van der Waals surface area contributed by atoms with Gasteiger partial charge in [0.2, 0.25) is 0 Å². The van der Waals surface area contributed by atoms with Gasteiger partial charge in [0.25, 0.3) is 5.56 Å². The SMILES string of the molecule is CCCN(C)c1cnn(CCCC(N)=S)c(=O)c1. The normalized spacial score (nSPS) is 10.3. The van der Waals surface area contributed by atoms with Crippen LogP contribution in [-0.2, 0) is 6.54 Å². The molecule has 0 amide bonds. The average molecular weight is 268 g/mol. The minimum absolute atomic E-state index is 0.0848. The van der Waals surface area contributed by atoms with Gasteiger partial charge in [0, 0.05) is 26.2 Å². The van der Waals surface area contributed by atoms with Crippen molar-refractivity contribution in [3.8, 4) is 0 Å². The predicted molar refractivity (Wildman–Crippen MR) is 78.1 cm³/mol. The molecule has 0 aliphatic carbocycles. The molecule has 0 saturated heterocycles. The molecule has 2 N–H and O–H groups in total. The molecule has 0 radical (unpaired) electrons. The first-order valence-corrected chi connectivity index (χ1v) is 6.52. The highest BCUT2D eigenvalue weighted by molar-refractivity contribution is 7.80. The van der Waals surface area contributed by atoms with Crippen molar-refractivity contribution < 1.29 is 0 Å². The molecule has 5 nitrogen and oxygen atoms in total. The number of anilines is 1. The molecule has 1 aromatic rings. The third kappa shape index (κ3) is 4.44. The van der Waals surface area contributed by atoms with Crippen molar-refractivity contribution in [1.29, 1.82) is 0 Å². The molecular formula is C12H20N4OS. The molecule has 1 aromatic heterocycles. The molecule has 0 aliphatic rings. The van der Waals surface area contributed by atoms with E-state index in [9.17, 15) is 4.79 Å². The van der Waals surface area contributed by atoms with Crippen molar-refractivity contribution in [2.75, 3.05) is 18.5 Å². The summed E-state index contributed by atoms with van der Waals surface area (Å²) in [4.78, 5) is 14.3. The van der Waals surface area contributed by atoms with Crippen molar-refractivity contribution in [1.82, 2.24) is 9.78 Å². The van der Waals surface area contributed by atoms with Crippen molar-refractivity contribution in [3.05, 3.63) is 22.6 Å². The molecule has 0 fully saturated rings. The summed E-state index contributed by atoms with van der Waals surface area (Å²) in [6.07, 6.45) is 4.14. The second kappa shape index (κ2) is 7.10. The summed E-state index contributed by atoms with van der Waals surface area (Å²) in [5.74, 6) is 0. The van der Waals surface area contributed by atoms with Gasteiger partial charge in [-0.1, -0.05) is 19.1 Å². The highest BCUT2D eigenvalue weighted by atomic mass is 32.1. The second-order valence-corrected chi connectivity index (χ2v) is 4.79. The van der Waals surface area contributed by atoms with E-state index in [4.69, 9.17) is 18.0 Å². The number of thiocarbonyl (C=S) groups is 1. The number of rotatable bonds is 7. The quantitative estimate of drug-likeness (QED) is 0.752. The minimum Gasteiger partial charge on any atom is -0.393 e. The highest BCUT2D eigenvalue weighted by Crippen LogP contribution is 2.07. The number of nitrogens with zero attached hydrogens (tertiary/aromatic N) is 3. The molecule has 100 valence electrons. The van der Waals surface area contributed by atoms with E-state index < -0.39 is 0 Å². The van der Waals surface area contributed by atoms with Gasteiger partial charge in [-0.25, -0.2) is 4.68 Å². The molecular weight excluding hydrogens is 248 g/mol. The molecule has 0 spiro atoms. The third-order valence-corrected chi connectivity index (χ3v) is 2.85. The molecule has 1 rings (SSSR count). The van der Waals surface area contributed by atoms with Crippen molar-refractivity contribution in [2.24, 2.45) is 5.73 Å². The van der Waals surface area contributed by atoms with Crippen molar-refractivity contribution in [2.45, 2.75) is 32.7 Å². The molecule has 0 aromatic carbocycles. The fraction of sp³-hybridized carbons (Fsp3) is 0.583. The van der Waals surface area contributed by atoms with E-state index in [0.29, 0.717) is 18.0 Å². The van der Waals surface area contributed by atoms with Gasteiger partial charge in [-0.2, -0.15) is 5.10 Å². The maximum absolute atomic E-state index is 11.8. The Labute approximate surface area is 113 Å². The summed E-state index contributed by atoms with van der Waals surface area (Å²) in [7, 11) is 1.96. The highest BCUT2D eigenvalue weighted by Gasteiger charge is 2.04. The monoisotopic (exact) mass is 268 g/mol. The Morgan fingerprint density at radius 1 is 1.61 bits per heavy atom. The van der Waals surface area contributed by atoms with Gasteiger partial charge >= 0.3 is 0 Å². The Hall–Kier alpha value is -1.43. The molecule has 1 heterocycles. The van der Waals surface area contributed by atoms with Crippen LogP contribution >= 0.6 is 12.2 Å². The first-order valence-electron chi connectivity index (χ1n) is 6.11. The van der Waals surface area contributed by atoms with Gasteiger partial charge in [-0.3, -0.25) is 4.79 Å². The fourth-order valence-corrected chi connectivity index (χ4v) is 1.81. The maximum Gasteiger partial charge on any atom is 0.268 e. The van der Waals surface area contributed by atoms with Crippen LogP contribution in [0.25, 0.3) is 0 Å². The Kier molecular flexibility index (Phi) is 5.77. The molecule has 0 atom stereocenters. The van der Waals surface area contributed by atoms with Gasteiger partial charge in [0.1, 0.15) is 0 Å². The van der Waals surface area contributed by atoms with Gasteiger partial charge in [-0.05, 0) is 19.3 Å². The smallest absolute Gasteiger partial charge is 0.268 e. The molecule has 0 unspecified atom stereocenters. The van der Waals surface area contributed by atoms with Crippen LogP contribution in [0.1, 0.15) is 26.2 Å². The fourth-order valence-electron chi connectivity index (χ4n) is 1.67. The Bertz CT molecular complexity index is 458. The predicted octanol–water partition coefficient (Wildman–Crippen LogP) is 1.16. The van der Waals surface area contributed by atoms with Crippen LogP contribution in [0.4, 0.5) is 5.69 Å². The summed E-state index contributed by atoms with van der Waals surface area (Å²) >= 11 is 4.79. The van der Waals surface area contributed by atoms with Crippen LogP contribution in [0, 0.1) is 0 Å². The lowest BCUT2D eigenvalue weighted by molar-refractivity contribution is 0.556. The van der Waals surface area contributed by atoms with Gasteiger partial charge in [0.15, 0.2) is 0 Å². The Morgan fingerprint density at radius 2 is 2.33 bits per heavy atom. The topological polar surface area (TPSA) is 64.2 Å². The summed E-state index contributed by atoms with van der Waals surface area (Å²) in [6, 6.07) is 1.61. The largest absolute Gasteiger partial charge is 0.393 e. The lowest BCUT2D eigenvalue weighted by atomic mass is 10.3. The van der Waals surface area contributed by atoms with Crippen LogP contribution in [0.5, 0.6) is 0 Å². The standard InChI is InChI=1S/C12H20N4OS/c1-3-6-15(2)10-8-12(17)16(14-9-10)7-4-5-11(13)18/h8-9H,3-7H2,1-2H3,(H2,13,18). The van der Waals surface area contributed by atoms with Crippen LogP contribution in [0.3, 0.4) is 0 Å². The summed E-state index contributed by atoms with van der Waals surface area (Å²) in [5, 5.41) is 4.16. The van der Waals surface area contributed by atoms with E-state index in [0.717, 1.165) is 25.1 Å². The first kappa shape index (κ1) is 14.6. The zero-order valence-corrected chi connectivity index (χ0v) is 11.7. The van der Waals surface area contributed by atoms with E-state index in [1.165, 1.54) is 4.68 Å². The minimum atomic E-state index is -0.0848. The van der Waals surface area contributed by atoms with Crippen LogP contribution < -0.4 is 16.2 Å². The molecule has 18 heavy (non-hydrogen) atoms. The number of aryl methyl sites for hydroxylation is 1. The van der Waals surface area contributed by atoms with Crippen LogP contribution in [0.2, 0.25) is 0 Å². The molecule has 6 heteroatoms. The second-order valence-electron chi connectivity index (χ2n) is 4.27. The zero-order valence-electron chi connectivity index (χ0n) is 10.9. The van der Waals surface area contributed by atoms with Crippen molar-refractivity contribution >= 4 is 22.9 Å². The number of aromatic nitrogens is 2. The van der Waals surface area contributed by atoms with E-state index >= 15 is 0 Å². The van der Waals surface area contributed by atoms with E-state index in [2.05, 4.69) is 12.0 Å². The lowest BCUT2D eigenvalue weighted by Gasteiger charge is -2.17. The zero-order chi connectivity index (χ0) is 13.5. The third-order valence-electron chi connectivity index (χ3n) is 2.65. The average Bonchev–Trinajstić information content (AvgIpc) is 2.31. The number of hydrogen-bond acceptors (Lipinski definition) is 4. The summed E-state index contributed by atoms with van der Waals surface area (Å²) in [5.41, 5.74) is 6.18. The summed E-state index contributed by atoms with van der Waals surface area (Å²) in [6.45, 7) is 3.56. The van der Waals surface area contributed by atoms with E-state index in [-0.39, 0.29) is 5.56 Å². The Morgan fingerprint density at radius 3 is 2.89 bits per heavy atom. The molecule has 0 saturated carbocycles. The maximum atomic E-state index is 11.8. The van der Waals surface area contributed by atoms with Gasteiger partial charge in [-0.15, -0.1) is 0 Å². The van der Waals surface area contributed by atoms with E-state index in [1.54, 1.807) is 12.3 Å². The van der Waals surface area contributed by atoms with Gasteiger partial charge in [0.05, 0.1) is 16.9 Å². The lowest BCUT2D eigenvalue weighted by Crippen LogP contribution is -2.26. The van der Waals surface area contributed by atoms with Crippen LogP contribution in [-0.4, -0.2) is 28.4 Å². The molecule has 0 bridgehead atoms. The number of hydrogen-bond donors (Lipinski definition) is 1. The van der Waals surface area contributed by atoms with Crippen molar-refractivity contribution in [3.63, 3.8) is 0 Å².